The van der Waals surface area contributed by atoms with Crippen LogP contribution in [0.2, 0.25) is 0 Å². The van der Waals surface area contributed by atoms with Crippen molar-refractivity contribution in [3.8, 4) is 0 Å². The van der Waals surface area contributed by atoms with Crippen LogP contribution in [-0.4, -0.2) is 42.9 Å². The molecule has 1 fully saturated rings. The molecule has 0 aromatic heterocycles. The minimum absolute atomic E-state index is 0.136. The molecule has 27 heavy (non-hydrogen) atoms. The highest BCUT2D eigenvalue weighted by Crippen LogP contribution is 2.33. The molecule has 0 aliphatic carbocycles. The number of amides is 1. The lowest BCUT2D eigenvalue weighted by molar-refractivity contribution is -0.116. The lowest BCUT2D eigenvalue weighted by atomic mass is 10.1. The van der Waals surface area contributed by atoms with E-state index in [1.54, 1.807) is 6.92 Å². The van der Waals surface area contributed by atoms with Crippen LogP contribution in [0.5, 0.6) is 0 Å². The van der Waals surface area contributed by atoms with Crippen molar-refractivity contribution in [2.75, 3.05) is 42.5 Å². The molecule has 2 aromatic carbocycles. The summed E-state index contributed by atoms with van der Waals surface area (Å²) in [5.41, 5.74) is 5.14. The molecule has 0 radical (unpaired) electrons. The number of nitrogens with zero attached hydrogens (tertiary/aromatic N) is 3. The first-order valence-electron chi connectivity index (χ1n) is 9.82. The molecule has 0 bridgehead atoms. The molecule has 0 unspecified atom stereocenters. The zero-order valence-corrected chi connectivity index (χ0v) is 17.0. The monoisotopic (exact) mass is 381 g/mol. The van der Waals surface area contributed by atoms with Crippen LogP contribution in [0, 0.1) is 0 Å². The molecule has 4 nitrogen and oxygen atoms in total. The maximum Gasteiger partial charge on any atom is 0.223 e. The number of carbonyl (C=O) groups is 1. The van der Waals surface area contributed by atoms with Gasteiger partial charge in [-0.15, -0.1) is 0 Å². The van der Waals surface area contributed by atoms with E-state index in [-0.39, 0.29) is 5.91 Å². The van der Waals surface area contributed by atoms with Gasteiger partial charge in [-0.3, -0.25) is 4.79 Å². The number of benzene rings is 2. The fourth-order valence-corrected chi connectivity index (χ4v) is 4.89. The summed E-state index contributed by atoms with van der Waals surface area (Å²) in [6, 6.07) is 15.5. The highest BCUT2D eigenvalue weighted by molar-refractivity contribution is 7.97. The summed E-state index contributed by atoms with van der Waals surface area (Å²) < 4.78 is 2.46. The second-order valence-electron chi connectivity index (χ2n) is 7.24. The van der Waals surface area contributed by atoms with Gasteiger partial charge in [0.25, 0.3) is 0 Å². The topological polar surface area (TPSA) is 26.8 Å². The van der Waals surface area contributed by atoms with Gasteiger partial charge in [0, 0.05) is 55.9 Å². The predicted molar refractivity (Wildman–Crippen MR) is 114 cm³/mol. The van der Waals surface area contributed by atoms with Gasteiger partial charge in [0.1, 0.15) is 0 Å². The summed E-state index contributed by atoms with van der Waals surface area (Å²) in [5.74, 6) is 0.136. The van der Waals surface area contributed by atoms with Crippen molar-refractivity contribution in [3.05, 3.63) is 53.6 Å². The third kappa shape index (κ3) is 3.99. The van der Waals surface area contributed by atoms with E-state index < -0.39 is 0 Å². The number of aryl methyl sites for hydroxylation is 1. The van der Waals surface area contributed by atoms with Crippen LogP contribution in [0.4, 0.5) is 11.4 Å². The molecule has 1 saturated heterocycles. The molecule has 0 atom stereocenters. The molecule has 2 heterocycles. The highest BCUT2D eigenvalue weighted by atomic mass is 32.2. The van der Waals surface area contributed by atoms with Crippen molar-refractivity contribution in [2.24, 2.45) is 0 Å². The Hall–Kier alpha value is -1.98. The van der Waals surface area contributed by atoms with Crippen molar-refractivity contribution in [1.82, 2.24) is 4.31 Å². The van der Waals surface area contributed by atoms with E-state index in [4.69, 9.17) is 0 Å². The summed E-state index contributed by atoms with van der Waals surface area (Å²) >= 11 is 1.85. The Morgan fingerprint density at radius 3 is 2.59 bits per heavy atom. The molecule has 0 saturated carbocycles. The Morgan fingerprint density at radius 2 is 1.85 bits per heavy atom. The molecule has 142 valence electrons. The van der Waals surface area contributed by atoms with E-state index in [1.165, 1.54) is 21.7 Å². The Labute approximate surface area is 166 Å². The molecule has 2 aromatic rings. The summed E-state index contributed by atoms with van der Waals surface area (Å²) in [6.45, 7) is 8.89. The van der Waals surface area contributed by atoms with Gasteiger partial charge < -0.3 is 9.80 Å². The van der Waals surface area contributed by atoms with Crippen molar-refractivity contribution in [2.45, 2.75) is 31.6 Å². The molecule has 2 aliphatic heterocycles. The van der Waals surface area contributed by atoms with Crippen molar-refractivity contribution in [3.63, 3.8) is 0 Å². The van der Waals surface area contributed by atoms with Gasteiger partial charge >= 0.3 is 0 Å². The van der Waals surface area contributed by atoms with E-state index in [0.29, 0.717) is 0 Å². The molecular formula is C22H27N3OS. The highest BCUT2D eigenvalue weighted by Gasteiger charge is 2.23. The standard InChI is InChI=1S/C22H27N3OS/c1-3-18-5-4-6-20(15-18)23-11-13-24(14-12-23)27-21-7-8-22-19(16-21)9-10-25(22)17(2)26/h4-8,15-16H,3,9-14H2,1-2H3. The third-order valence-corrected chi connectivity index (χ3v) is 6.57. The Kier molecular flexibility index (Phi) is 5.41. The number of hydrogen-bond acceptors (Lipinski definition) is 4. The van der Waals surface area contributed by atoms with E-state index in [0.717, 1.165) is 51.3 Å². The van der Waals surface area contributed by atoms with Crippen LogP contribution in [0.25, 0.3) is 0 Å². The average molecular weight is 382 g/mol. The third-order valence-electron chi connectivity index (χ3n) is 5.48. The van der Waals surface area contributed by atoms with Crippen molar-refractivity contribution in [1.29, 1.82) is 0 Å². The first kappa shape index (κ1) is 18.4. The van der Waals surface area contributed by atoms with Crippen LogP contribution in [0.1, 0.15) is 25.0 Å². The largest absolute Gasteiger partial charge is 0.369 e. The van der Waals surface area contributed by atoms with Gasteiger partial charge in [-0.1, -0.05) is 19.1 Å². The lowest BCUT2D eigenvalue weighted by Crippen LogP contribution is -2.43. The average Bonchev–Trinajstić information content (AvgIpc) is 3.12. The zero-order valence-electron chi connectivity index (χ0n) is 16.1. The van der Waals surface area contributed by atoms with E-state index in [2.05, 4.69) is 58.6 Å². The normalized spacial score (nSPS) is 17.3. The smallest absolute Gasteiger partial charge is 0.223 e. The first-order valence-corrected chi connectivity index (χ1v) is 10.6. The van der Waals surface area contributed by atoms with E-state index in [1.807, 2.05) is 16.8 Å². The fraction of sp³-hybridized carbons (Fsp3) is 0.409. The molecule has 2 aliphatic rings. The Bertz CT molecular complexity index is 830. The lowest BCUT2D eigenvalue weighted by Gasteiger charge is -2.35. The number of fused-ring (bicyclic) bond motifs is 1. The van der Waals surface area contributed by atoms with E-state index >= 15 is 0 Å². The van der Waals surface area contributed by atoms with Crippen LogP contribution < -0.4 is 9.80 Å². The molecule has 0 N–H and O–H groups in total. The Morgan fingerprint density at radius 1 is 1.04 bits per heavy atom. The molecular weight excluding hydrogens is 354 g/mol. The van der Waals surface area contributed by atoms with Crippen LogP contribution in [0.15, 0.2) is 47.4 Å². The number of piperazine rings is 1. The molecule has 0 spiro atoms. The minimum Gasteiger partial charge on any atom is -0.369 e. The van der Waals surface area contributed by atoms with Crippen LogP contribution in [0.3, 0.4) is 0 Å². The predicted octanol–water partition coefficient (Wildman–Crippen LogP) is 3.99. The van der Waals surface area contributed by atoms with Gasteiger partial charge in [0.05, 0.1) is 0 Å². The fourth-order valence-electron chi connectivity index (χ4n) is 3.92. The summed E-state index contributed by atoms with van der Waals surface area (Å²) in [5, 5.41) is 0. The maximum atomic E-state index is 11.7. The van der Waals surface area contributed by atoms with Gasteiger partial charge in [-0.25, -0.2) is 4.31 Å². The molecule has 5 heteroatoms. The van der Waals surface area contributed by atoms with Crippen molar-refractivity contribution < 1.29 is 4.79 Å². The molecule has 4 rings (SSSR count). The van der Waals surface area contributed by atoms with E-state index in [9.17, 15) is 4.79 Å². The Balaban J connectivity index is 1.36. The van der Waals surface area contributed by atoms with Gasteiger partial charge in [0.15, 0.2) is 0 Å². The van der Waals surface area contributed by atoms with Gasteiger partial charge in [-0.2, -0.15) is 0 Å². The molecule has 1 amide bonds. The van der Waals surface area contributed by atoms with Crippen LogP contribution in [-0.2, 0) is 17.6 Å². The number of carbonyl (C=O) groups excluding carboxylic acids is 1. The number of hydrogen-bond donors (Lipinski definition) is 0. The summed E-state index contributed by atoms with van der Waals surface area (Å²) in [7, 11) is 0. The quantitative estimate of drug-likeness (QED) is 0.749. The first-order chi connectivity index (χ1) is 13.1. The summed E-state index contributed by atoms with van der Waals surface area (Å²) in [4.78, 5) is 17.4. The number of rotatable bonds is 4. The maximum absolute atomic E-state index is 11.7. The zero-order chi connectivity index (χ0) is 18.8. The second-order valence-corrected chi connectivity index (χ2v) is 8.41. The number of anilines is 2. The van der Waals surface area contributed by atoms with Crippen LogP contribution >= 0.6 is 11.9 Å². The summed E-state index contributed by atoms with van der Waals surface area (Å²) in [6.07, 6.45) is 2.05. The second kappa shape index (κ2) is 7.95. The van der Waals surface area contributed by atoms with Crippen molar-refractivity contribution >= 4 is 29.2 Å². The van der Waals surface area contributed by atoms with Gasteiger partial charge in [-0.05, 0) is 66.2 Å². The van der Waals surface area contributed by atoms with Gasteiger partial charge in [0.2, 0.25) is 5.91 Å². The SMILES string of the molecule is CCc1cccc(N2CCN(Sc3ccc4c(c3)CCN4C(C)=O)CC2)c1. The minimum atomic E-state index is 0.136.